The van der Waals surface area contributed by atoms with Crippen LogP contribution in [0, 0.1) is 13.8 Å². The van der Waals surface area contributed by atoms with E-state index in [2.05, 4.69) is 42.5 Å². The van der Waals surface area contributed by atoms with Crippen LogP contribution in [0.3, 0.4) is 0 Å². The van der Waals surface area contributed by atoms with Crippen LogP contribution in [0.4, 0.5) is 0 Å². The van der Waals surface area contributed by atoms with Crippen molar-refractivity contribution in [3.8, 4) is 0 Å². The van der Waals surface area contributed by atoms with E-state index in [0.717, 1.165) is 42.4 Å². The van der Waals surface area contributed by atoms with E-state index < -0.39 is 10.0 Å². The number of piperidine rings is 1. The molecule has 8 heteroatoms. The van der Waals surface area contributed by atoms with Crippen molar-refractivity contribution in [3.63, 3.8) is 0 Å². The average Bonchev–Trinajstić information content (AvgIpc) is 3.12. The summed E-state index contributed by atoms with van der Waals surface area (Å²) in [6.45, 7) is 8.15. The molecule has 3 aromatic rings. The maximum Gasteiger partial charge on any atom is 0.279 e. The molecule has 4 rings (SSSR count). The van der Waals surface area contributed by atoms with Crippen LogP contribution in [0.5, 0.6) is 0 Å². The largest absolute Gasteiger partial charge is 0.316 e. The second kappa shape index (κ2) is 9.29. The normalized spacial score (nSPS) is 16.0. The van der Waals surface area contributed by atoms with E-state index in [1.807, 2.05) is 0 Å². The number of benzene rings is 2. The van der Waals surface area contributed by atoms with Gasteiger partial charge in [-0.25, -0.2) is 8.42 Å². The van der Waals surface area contributed by atoms with Crippen molar-refractivity contribution in [1.29, 1.82) is 0 Å². The quantitative estimate of drug-likeness (QED) is 0.544. The maximum absolute atomic E-state index is 12.9. The number of aromatic nitrogens is 1. The SMILES string of the molecule is CCCn1c(=NC(=O)c2ccc(S(=O)(=O)N3CCCCC3)cc2)sc2c(C)cc(C)cc21. The lowest BCUT2D eigenvalue weighted by Gasteiger charge is -2.25. The number of hydrogen-bond donors (Lipinski definition) is 0. The Morgan fingerprint density at radius 3 is 2.41 bits per heavy atom. The summed E-state index contributed by atoms with van der Waals surface area (Å²) in [5, 5.41) is 0. The zero-order valence-electron chi connectivity index (χ0n) is 18.8. The van der Waals surface area contributed by atoms with E-state index >= 15 is 0 Å². The minimum absolute atomic E-state index is 0.227. The summed E-state index contributed by atoms with van der Waals surface area (Å²) in [5.74, 6) is -0.363. The minimum Gasteiger partial charge on any atom is -0.316 e. The van der Waals surface area contributed by atoms with E-state index in [0.29, 0.717) is 23.5 Å². The molecular formula is C24H29N3O3S2. The molecule has 32 heavy (non-hydrogen) atoms. The smallest absolute Gasteiger partial charge is 0.279 e. The van der Waals surface area contributed by atoms with Gasteiger partial charge < -0.3 is 4.57 Å². The van der Waals surface area contributed by atoms with Crippen LogP contribution in [0.15, 0.2) is 46.3 Å². The van der Waals surface area contributed by atoms with Gasteiger partial charge in [0.05, 0.1) is 15.1 Å². The number of sulfonamides is 1. The molecule has 1 amide bonds. The summed E-state index contributed by atoms with van der Waals surface area (Å²) in [7, 11) is -3.51. The van der Waals surface area contributed by atoms with Gasteiger partial charge in [0.15, 0.2) is 4.80 Å². The number of rotatable bonds is 5. The summed E-state index contributed by atoms with van der Waals surface area (Å²) in [6, 6.07) is 10.4. The molecule has 0 N–H and O–H groups in total. The number of thiazole rings is 1. The van der Waals surface area contributed by atoms with Crippen molar-refractivity contribution in [2.75, 3.05) is 13.1 Å². The maximum atomic E-state index is 12.9. The molecule has 6 nitrogen and oxygen atoms in total. The molecule has 0 unspecified atom stereocenters. The van der Waals surface area contributed by atoms with Gasteiger partial charge in [0, 0.05) is 25.2 Å². The van der Waals surface area contributed by atoms with Crippen LogP contribution in [0.25, 0.3) is 10.2 Å². The van der Waals surface area contributed by atoms with Crippen molar-refractivity contribution < 1.29 is 13.2 Å². The Hall–Kier alpha value is -2.29. The molecule has 0 bridgehead atoms. The predicted molar refractivity (Wildman–Crippen MR) is 129 cm³/mol. The monoisotopic (exact) mass is 471 g/mol. The highest BCUT2D eigenvalue weighted by Crippen LogP contribution is 2.24. The highest BCUT2D eigenvalue weighted by molar-refractivity contribution is 7.89. The van der Waals surface area contributed by atoms with Crippen LogP contribution >= 0.6 is 11.3 Å². The Morgan fingerprint density at radius 2 is 1.75 bits per heavy atom. The van der Waals surface area contributed by atoms with Gasteiger partial charge in [0.25, 0.3) is 5.91 Å². The van der Waals surface area contributed by atoms with E-state index in [9.17, 15) is 13.2 Å². The zero-order chi connectivity index (χ0) is 22.9. The van der Waals surface area contributed by atoms with Crippen LogP contribution in [-0.2, 0) is 16.6 Å². The Kier molecular flexibility index (Phi) is 6.65. The van der Waals surface area contributed by atoms with Crippen LogP contribution < -0.4 is 4.80 Å². The van der Waals surface area contributed by atoms with Gasteiger partial charge in [-0.15, -0.1) is 0 Å². The van der Waals surface area contributed by atoms with Crippen LogP contribution in [-0.4, -0.2) is 36.3 Å². The van der Waals surface area contributed by atoms with Crippen molar-refractivity contribution in [3.05, 3.63) is 57.9 Å². The fourth-order valence-electron chi connectivity index (χ4n) is 4.21. The number of carbonyl (C=O) groups excluding carboxylic acids is 1. The third kappa shape index (κ3) is 4.44. The fourth-order valence-corrected chi connectivity index (χ4v) is 6.83. The molecule has 1 aliphatic heterocycles. The highest BCUT2D eigenvalue weighted by atomic mass is 32.2. The van der Waals surface area contributed by atoms with E-state index in [1.165, 1.54) is 38.9 Å². The topological polar surface area (TPSA) is 71.7 Å². The summed E-state index contributed by atoms with van der Waals surface area (Å²) in [4.78, 5) is 18.2. The first kappa shape index (κ1) is 22.9. The Morgan fingerprint density at radius 1 is 1.06 bits per heavy atom. The van der Waals surface area contributed by atoms with Crippen molar-refractivity contribution in [1.82, 2.24) is 8.87 Å². The number of hydrogen-bond acceptors (Lipinski definition) is 4. The van der Waals surface area contributed by atoms with Crippen molar-refractivity contribution >= 4 is 37.5 Å². The number of fused-ring (bicyclic) bond motifs is 1. The van der Waals surface area contributed by atoms with Gasteiger partial charge in [0.2, 0.25) is 10.0 Å². The van der Waals surface area contributed by atoms with Crippen molar-refractivity contribution in [2.45, 2.75) is 57.9 Å². The lowest BCUT2D eigenvalue weighted by molar-refractivity contribution is 0.0997. The third-order valence-electron chi connectivity index (χ3n) is 5.81. The van der Waals surface area contributed by atoms with Gasteiger partial charge in [0.1, 0.15) is 0 Å². The zero-order valence-corrected chi connectivity index (χ0v) is 20.4. The average molecular weight is 472 g/mol. The molecular weight excluding hydrogens is 442 g/mol. The van der Waals surface area contributed by atoms with Gasteiger partial charge >= 0.3 is 0 Å². The highest BCUT2D eigenvalue weighted by Gasteiger charge is 2.26. The summed E-state index contributed by atoms with van der Waals surface area (Å²) >= 11 is 1.52. The molecule has 1 fully saturated rings. The molecule has 0 spiro atoms. The molecule has 170 valence electrons. The van der Waals surface area contributed by atoms with Gasteiger partial charge in [-0.1, -0.05) is 30.7 Å². The summed E-state index contributed by atoms with van der Waals surface area (Å²) < 4.78 is 30.5. The first-order chi connectivity index (χ1) is 15.3. The molecule has 1 aliphatic rings. The molecule has 1 saturated heterocycles. The lowest BCUT2D eigenvalue weighted by atomic mass is 10.1. The molecule has 0 radical (unpaired) electrons. The number of nitrogens with zero attached hydrogens (tertiary/aromatic N) is 3. The van der Waals surface area contributed by atoms with Gasteiger partial charge in [-0.2, -0.15) is 9.30 Å². The number of aryl methyl sites for hydroxylation is 3. The van der Waals surface area contributed by atoms with E-state index in [1.54, 1.807) is 12.1 Å². The summed E-state index contributed by atoms with van der Waals surface area (Å²) in [6.07, 6.45) is 3.78. The lowest BCUT2D eigenvalue weighted by Crippen LogP contribution is -2.35. The number of carbonyl (C=O) groups is 1. The Labute approximate surface area is 193 Å². The fraction of sp³-hybridized carbons (Fsp3) is 0.417. The van der Waals surface area contributed by atoms with Crippen LogP contribution in [0.1, 0.15) is 54.1 Å². The predicted octanol–water partition coefficient (Wildman–Crippen LogP) is 4.65. The van der Waals surface area contributed by atoms with Gasteiger partial charge in [-0.05, 0) is 74.6 Å². The third-order valence-corrected chi connectivity index (χ3v) is 8.96. The van der Waals surface area contributed by atoms with Gasteiger partial charge in [-0.3, -0.25) is 4.79 Å². The molecule has 0 atom stereocenters. The molecule has 2 heterocycles. The van der Waals surface area contributed by atoms with E-state index in [-0.39, 0.29) is 10.8 Å². The molecule has 0 aliphatic carbocycles. The summed E-state index contributed by atoms with van der Waals surface area (Å²) in [5.41, 5.74) is 3.84. The molecule has 2 aromatic carbocycles. The minimum atomic E-state index is -3.51. The van der Waals surface area contributed by atoms with Crippen molar-refractivity contribution in [2.24, 2.45) is 4.99 Å². The first-order valence-electron chi connectivity index (χ1n) is 11.1. The Bertz CT molecular complexity index is 1310. The van der Waals surface area contributed by atoms with E-state index in [4.69, 9.17) is 0 Å². The molecule has 1 aromatic heterocycles. The molecule has 0 saturated carbocycles. The Balaban J connectivity index is 1.67. The first-order valence-corrected chi connectivity index (χ1v) is 13.4. The number of amides is 1. The second-order valence-corrected chi connectivity index (χ2v) is 11.3. The second-order valence-electron chi connectivity index (χ2n) is 8.37. The standard InChI is InChI=1S/C24H29N3O3S2/c1-4-12-27-21-16-17(2)15-18(3)22(21)31-24(27)25-23(28)19-8-10-20(11-9-19)32(29,30)26-13-6-5-7-14-26/h8-11,15-16H,4-7,12-14H2,1-3H3. The van der Waals surface area contributed by atoms with Crippen LogP contribution in [0.2, 0.25) is 0 Å².